The first kappa shape index (κ1) is 14.8. The van der Waals surface area contributed by atoms with Gasteiger partial charge in [0.15, 0.2) is 5.58 Å². The van der Waals surface area contributed by atoms with Crippen LogP contribution in [0.5, 0.6) is 0 Å². The Morgan fingerprint density at radius 1 is 1.52 bits per heavy atom. The quantitative estimate of drug-likeness (QED) is 0.623. The lowest BCUT2D eigenvalue weighted by atomic mass is 10.3. The van der Waals surface area contributed by atoms with E-state index in [-0.39, 0.29) is 17.6 Å². The van der Waals surface area contributed by atoms with E-state index < -0.39 is 11.0 Å². The van der Waals surface area contributed by atoms with Crippen molar-refractivity contribution < 1.29 is 14.1 Å². The maximum atomic E-state index is 11.7. The van der Waals surface area contributed by atoms with E-state index in [2.05, 4.69) is 15.6 Å². The summed E-state index contributed by atoms with van der Waals surface area (Å²) >= 11 is 0. The lowest BCUT2D eigenvalue weighted by Crippen LogP contribution is -2.37. The number of nitrogens with zero attached hydrogens (tertiary/aromatic N) is 2. The molecule has 0 spiro atoms. The summed E-state index contributed by atoms with van der Waals surface area (Å²) in [6.07, 6.45) is 0.852. The summed E-state index contributed by atoms with van der Waals surface area (Å²) in [4.78, 5) is 26.1. The standard InChI is InChI=1S/C13H16N4O4/c1-3-6-14-12(18)8(2)15-13-16-10-5-4-9(17(19)20)7-11(10)21-13/h4-5,7-8H,3,6H2,1-2H3,(H,14,18)(H,15,16). The smallest absolute Gasteiger partial charge is 0.296 e. The summed E-state index contributed by atoms with van der Waals surface area (Å²) in [5.74, 6) is -0.162. The molecule has 112 valence electrons. The van der Waals surface area contributed by atoms with Crippen molar-refractivity contribution in [1.29, 1.82) is 0 Å². The molecule has 2 aromatic rings. The zero-order chi connectivity index (χ0) is 15.4. The summed E-state index contributed by atoms with van der Waals surface area (Å²) in [5, 5.41) is 16.3. The van der Waals surface area contributed by atoms with Crippen LogP contribution in [0.4, 0.5) is 11.7 Å². The van der Waals surface area contributed by atoms with E-state index in [0.717, 1.165) is 6.42 Å². The van der Waals surface area contributed by atoms with Gasteiger partial charge in [0.05, 0.1) is 11.0 Å². The molecule has 0 saturated heterocycles. The fourth-order valence-corrected chi connectivity index (χ4v) is 1.74. The minimum Gasteiger partial charge on any atom is -0.423 e. The first-order chi connectivity index (χ1) is 10.0. The van der Waals surface area contributed by atoms with Crippen molar-refractivity contribution in [3.8, 4) is 0 Å². The molecule has 0 aliphatic rings. The molecular weight excluding hydrogens is 276 g/mol. The van der Waals surface area contributed by atoms with E-state index in [4.69, 9.17) is 4.42 Å². The molecule has 0 aliphatic carbocycles. The number of nitrogens with one attached hydrogen (secondary N) is 2. The number of benzene rings is 1. The number of nitro groups is 1. The number of oxazole rings is 1. The van der Waals surface area contributed by atoms with E-state index in [1.807, 2.05) is 6.92 Å². The summed E-state index contributed by atoms with van der Waals surface area (Å²) < 4.78 is 5.38. The van der Waals surface area contributed by atoms with Crippen LogP contribution >= 0.6 is 0 Å². The first-order valence-electron chi connectivity index (χ1n) is 6.60. The van der Waals surface area contributed by atoms with Crippen LogP contribution in [0.15, 0.2) is 22.6 Å². The number of rotatable bonds is 6. The molecule has 1 aromatic heterocycles. The van der Waals surface area contributed by atoms with Crippen LogP contribution in [-0.4, -0.2) is 28.4 Å². The maximum Gasteiger partial charge on any atom is 0.296 e. The van der Waals surface area contributed by atoms with Crippen molar-refractivity contribution in [1.82, 2.24) is 10.3 Å². The Bertz CT molecular complexity index is 667. The Hall–Kier alpha value is -2.64. The van der Waals surface area contributed by atoms with Crippen molar-refractivity contribution in [3.05, 3.63) is 28.3 Å². The predicted molar refractivity (Wildman–Crippen MR) is 77.0 cm³/mol. The monoisotopic (exact) mass is 292 g/mol. The number of fused-ring (bicyclic) bond motifs is 1. The van der Waals surface area contributed by atoms with E-state index in [0.29, 0.717) is 17.6 Å². The molecule has 2 rings (SSSR count). The number of non-ortho nitro benzene ring substituents is 1. The number of amides is 1. The molecule has 1 amide bonds. The lowest BCUT2D eigenvalue weighted by molar-refractivity contribution is -0.384. The highest BCUT2D eigenvalue weighted by Crippen LogP contribution is 2.23. The minimum absolute atomic E-state index is 0.0704. The zero-order valence-electron chi connectivity index (χ0n) is 11.8. The summed E-state index contributed by atoms with van der Waals surface area (Å²) in [5.41, 5.74) is 0.719. The van der Waals surface area contributed by atoms with Gasteiger partial charge in [-0.25, -0.2) is 0 Å². The topological polar surface area (TPSA) is 110 Å². The molecule has 1 atom stereocenters. The highest BCUT2D eigenvalue weighted by atomic mass is 16.6. The average Bonchev–Trinajstić information content (AvgIpc) is 2.85. The van der Waals surface area contributed by atoms with Gasteiger partial charge in [-0.1, -0.05) is 6.92 Å². The van der Waals surface area contributed by atoms with E-state index in [1.165, 1.54) is 18.2 Å². The normalized spacial score (nSPS) is 12.1. The van der Waals surface area contributed by atoms with Crippen LogP contribution < -0.4 is 10.6 Å². The lowest BCUT2D eigenvalue weighted by Gasteiger charge is -2.11. The summed E-state index contributed by atoms with van der Waals surface area (Å²) in [6, 6.07) is 3.80. The first-order valence-corrected chi connectivity index (χ1v) is 6.60. The molecule has 2 N–H and O–H groups in total. The van der Waals surface area contributed by atoms with Gasteiger partial charge in [0.25, 0.3) is 11.7 Å². The van der Waals surface area contributed by atoms with Crippen LogP contribution in [0.25, 0.3) is 11.1 Å². The molecule has 0 aliphatic heterocycles. The van der Waals surface area contributed by atoms with Crippen LogP contribution in [0, 0.1) is 10.1 Å². The van der Waals surface area contributed by atoms with Gasteiger partial charge in [-0.15, -0.1) is 0 Å². The second kappa shape index (κ2) is 6.21. The van der Waals surface area contributed by atoms with E-state index in [1.54, 1.807) is 6.92 Å². The second-order valence-electron chi connectivity index (χ2n) is 4.59. The number of carbonyl (C=O) groups excluding carboxylic acids is 1. The number of hydrogen-bond donors (Lipinski definition) is 2. The van der Waals surface area contributed by atoms with Crippen molar-refractivity contribution in [2.24, 2.45) is 0 Å². The Morgan fingerprint density at radius 3 is 2.95 bits per heavy atom. The molecular formula is C13H16N4O4. The Labute approximate surface area is 120 Å². The minimum atomic E-state index is -0.514. The SMILES string of the molecule is CCCNC(=O)C(C)Nc1nc2ccc([N+](=O)[O-])cc2o1. The molecule has 21 heavy (non-hydrogen) atoms. The third-order valence-electron chi connectivity index (χ3n) is 2.87. The molecule has 0 fully saturated rings. The largest absolute Gasteiger partial charge is 0.423 e. The third kappa shape index (κ3) is 3.47. The Kier molecular flexibility index (Phi) is 4.36. The average molecular weight is 292 g/mol. The zero-order valence-corrected chi connectivity index (χ0v) is 11.8. The van der Waals surface area contributed by atoms with E-state index in [9.17, 15) is 14.9 Å². The third-order valence-corrected chi connectivity index (χ3v) is 2.87. The number of anilines is 1. The van der Waals surface area contributed by atoms with Crippen LogP contribution in [0.2, 0.25) is 0 Å². The number of hydrogen-bond acceptors (Lipinski definition) is 6. The molecule has 1 aromatic carbocycles. The Morgan fingerprint density at radius 2 is 2.29 bits per heavy atom. The number of aromatic nitrogens is 1. The molecule has 1 heterocycles. The van der Waals surface area contributed by atoms with Gasteiger partial charge in [-0.3, -0.25) is 14.9 Å². The number of carbonyl (C=O) groups is 1. The number of nitro benzene ring substituents is 1. The summed E-state index contributed by atoms with van der Waals surface area (Å²) in [7, 11) is 0. The van der Waals surface area contributed by atoms with Gasteiger partial charge < -0.3 is 15.1 Å². The molecule has 0 saturated carbocycles. The van der Waals surface area contributed by atoms with E-state index >= 15 is 0 Å². The van der Waals surface area contributed by atoms with Gasteiger partial charge in [-0.2, -0.15) is 4.98 Å². The molecule has 8 nitrogen and oxygen atoms in total. The van der Waals surface area contributed by atoms with Gasteiger partial charge in [0.2, 0.25) is 5.91 Å². The summed E-state index contributed by atoms with van der Waals surface area (Å²) in [6.45, 7) is 4.25. The maximum absolute atomic E-state index is 11.7. The fourth-order valence-electron chi connectivity index (χ4n) is 1.74. The van der Waals surface area contributed by atoms with Crippen molar-refractivity contribution in [2.45, 2.75) is 26.3 Å². The van der Waals surface area contributed by atoms with Crippen molar-refractivity contribution in [2.75, 3.05) is 11.9 Å². The van der Waals surface area contributed by atoms with Gasteiger partial charge in [-0.05, 0) is 19.4 Å². The second-order valence-corrected chi connectivity index (χ2v) is 4.59. The van der Waals surface area contributed by atoms with Gasteiger partial charge >= 0.3 is 0 Å². The van der Waals surface area contributed by atoms with Gasteiger partial charge in [0, 0.05) is 12.6 Å². The molecule has 1 unspecified atom stereocenters. The molecule has 0 bridgehead atoms. The highest BCUT2D eigenvalue weighted by Gasteiger charge is 2.16. The predicted octanol–water partition coefficient (Wildman–Crippen LogP) is 2.06. The van der Waals surface area contributed by atoms with Crippen molar-refractivity contribution >= 4 is 28.7 Å². The van der Waals surface area contributed by atoms with Crippen LogP contribution in [0.3, 0.4) is 0 Å². The van der Waals surface area contributed by atoms with Crippen LogP contribution in [-0.2, 0) is 4.79 Å². The molecule has 8 heteroatoms. The Balaban J connectivity index is 2.12. The van der Waals surface area contributed by atoms with Crippen LogP contribution in [0.1, 0.15) is 20.3 Å². The highest BCUT2D eigenvalue weighted by molar-refractivity contribution is 5.84. The molecule has 0 radical (unpaired) electrons. The fraction of sp³-hybridized carbons (Fsp3) is 0.385. The van der Waals surface area contributed by atoms with Gasteiger partial charge in [0.1, 0.15) is 11.6 Å². The van der Waals surface area contributed by atoms with Crippen molar-refractivity contribution in [3.63, 3.8) is 0 Å².